The first kappa shape index (κ1) is 12.5. The Morgan fingerprint density at radius 1 is 1.47 bits per heavy atom. The van der Waals surface area contributed by atoms with E-state index in [9.17, 15) is 13.5 Å². The fourth-order valence-corrected chi connectivity index (χ4v) is 3.32. The summed E-state index contributed by atoms with van der Waals surface area (Å²) in [5.41, 5.74) is 0. The number of rotatable bonds is 3. The predicted molar refractivity (Wildman–Crippen MR) is 61.9 cm³/mol. The molecule has 0 bridgehead atoms. The summed E-state index contributed by atoms with van der Waals surface area (Å²) in [5, 5.41) is 9.78. The number of nitrogens with one attached hydrogen (secondary N) is 2. The maximum atomic E-state index is 12.0. The van der Waals surface area contributed by atoms with Gasteiger partial charge in [-0.3, -0.25) is 0 Å². The molecule has 1 aromatic heterocycles. The van der Waals surface area contributed by atoms with E-state index in [-0.39, 0.29) is 5.03 Å². The molecule has 96 valence electrons. The average molecular weight is 259 g/mol. The van der Waals surface area contributed by atoms with Crippen molar-refractivity contribution in [1.82, 2.24) is 14.7 Å². The van der Waals surface area contributed by atoms with Gasteiger partial charge in [0, 0.05) is 6.04 Å². The van der Waals surface area contributed by atoms with Crippen LogP contribution in [0, 0.1) is 6.92 Å². The monoisotopic (exact) mass is 259 g/mol. The minimum absolute atomic E-state index is 0.0489. The van der Waals surface area contributed by atoms with E-state index in [0.717, 1.165) is 12.8 Å². The van der Waals surface area contributed by atoms with Crippen LogP contribution < -0.4 is 4.72 Å². The van der Waals surface area contributed by atoms with Gasteiger partial charge >= 0.3 is 0 Å². The van der Waals surface area contributed by atoms with E-state index in [4.69, 9.17) is 0 Å². The number of aliphatic hydroxyl groups excluding tert-OH is 1. The largest absolute Gasteiger partial charge is 0.391 e. The van der Waals surface area contributed by atoms with Crippen LogP contribution in [0.1, 0.15) is 31.5 Å². The lowest BCUT2D eigenvalue weighted by atomic mass is 9.93. The SMILES string of the molecule is Cc1ncc(S(=O)(=O)NC2CCCCC2O)[nH]1. The van der Waals surface area contributed by atoms with Crippen molar-refractivity contribution in [2.45, 2.75) is 49.8 Å². The zero-order valence-corrected chi connectivity index (χ0v) is 10.5. The van der Waals surface area contributed by atoms with Crippen molar-refractivity contribution in [2.24, 2.45) is 0 Å². The standard InChI is InChI=1S/C10H17N3O3S/c1-7-11-6-10(12-7)17(15,16)13-8-4-2-3-5-9(8)14/h6,8-9,13-14H,2-5H2,1H3,(H,11,12). The Bertz CT molecular complexity index is 483. The summed E-state index contributed by atoms with van der Waals surface area (Å²) in [6.07, 6.45) is 3.90. The Hall–Kier alpha value is -0.920. The maximum Gasteiger partial charge on any atom is 0.257 e. The van der Waals surface area contributed by atoms with Crippen molar-refractivity contribution in [3.05, 3.63) is 12.0 Å². The number of aryl methyl sites for hydroxylation is 1. The summed E-state index contributed by atoms with van der Waals surface area (Å²) in [7, 11) is -3.60. The molecular weight excluding hydrogens is 242 g/mol. The summed E-state index contributed by atoms with van der Waals surface area (Å²) in [6, 6.07) is -0.391. The highest BCUT2D eigenvalue weighted by molar-refractivity contribution is 7.89. The van der Waals surface area contributed by atoms with E-state index in [1.165, 1.54) is 6.20 Å². The molecule has 0 amide bonds. The average Bonchev–Trinajstić information content (AvgIpc) is 2.69. The molecule has 3 N–H and O–H groups in total. The predicted octanol–water partition coefficient (Wildman–Crippen LogP) is 0.300. The molecule has 1 fully saturated rings. The number of imidazole rings is 1. The molecule has 0 aliphatic heterocycles. The highest BCUT2D eigenvalue weighted by atomic mass is 32.2. The summed E-state index contributed by atoms with van der Waals surface area (Å²) >= 11 is 0. The van der Waals surface area contributed by atoms with Crippen LogP contribution in [0.25, 0.3) is 0 Å². The van der Waals surface area contributed by atoms with Crippen LogP contribution in [0.4, 0.5) is 0 Å². The molecule has 6 nitrogen and oxygen atoms in total. The lowest BCUT2D eigenvalue weighted by molar-refractivity contribution is 0.101. The van der Waals surface area contributed by atoms with Gasteiger partial charge in [0.05, 0.1) is 12.3 Å². The van der Waals surface area contributed by atoms with Crippen molar-refractivity contribution in [2.75, 3.05) is 0 Å². The van der Waals surface area contributed by atoms with Crippen molar-refractivity contribution in [3.63, 3.8) is 0 Å². The fraction of sp³-hybridized carbons (Fsp3) is 0.700. The summed E-state index contributed by atoms with van der Waals surface area (Å²) in [4.78, 5) is 6.54. The molecule has 1 aliphatic carbocycles. The second-order valence-corrected chi connectivity index (χ2v) is 6.09. The van der Waals surface area contributed by atoms with Crippen molar-refractivity contribution in [3.8, 4) is 0 Å². The quantitative estimate of drug-likeness (QED) is 0.727. The number of hydrogen-bond acceptors (Lipinski definition) is 4. The zero-order chi connectivity index (χ0) is 12.5. The fourth-order valence-electron chi connectivity index (χ4n) is 2.05. The molecule has 2 unspecified atom stereocenters. The Morgan fingerprint density at radius 2 is 2.18 bits per heavy atom. The summed E-state index contributed by atoms with van der Waals surface area (Å²) in [6.45, 7) is 1.69. The normalized spacial score (nSPS) is 26.0. The third kappa shape index (κ3) is 2.85. The van der Waals surface area contributed by atoms with E-state index in [1.54, 1.807) is 6.92 Å². The van der Waals surface area contributed by atoms with Crippen molar-refractivity contribution >= 4 is 10.0 Å². The van der Waals surface area contributed by atoms with Crippen LogP contribution >= 0.6 is 0 Å². The topological polar surface area (TPSA) is 95.1 Å². The molecule has 1 aliphatic rings. The van der Waals surface area contributed by atoms with Gasteiger partial charge in [0.25, 0.3) is 10.0 Å². The van der Waals surface area contributed by atoms with E-state index in [2.05, 4.69) is 14.7 Å². The highest BCUT2D eigenvalue weighted by Gasteiger charge is 2.28. The molecule has 0 spiro atoms. The second-order valence-electron chi connectivity index (χ2n) is 4.41. The molecule has 2 rings (SSSR count). The highest BCUT2D eigenvalue weighted by Crippen LogP contribution is 2.20. The van der Waals surface area contributed by atoms with Crippen molar-refractivity contribution < 1.29 is 13.5 Å². The van der Waals surface area contributed by atoms with Crippen LogP contribution in [0.15, 0.2) is 11.2 Å². The number of aliphatic hydroxyl groups is 1. The Labute approximate surface area is 101 Å². The number of H-pyrrole nitrogens is 1. The van der Waals surface area contributed by atoms with Gasteiger partial charge in [-0.15, -0.1) is 0 Å². The molecule has 0 radical (unpaired) electrons. The molecular formula is C10H17N3O3S. The Kier molecular flexibility index (Phi) is 3.50. The zero-order valence-electron chi connectivity index (χ0n) is 9.68. The lowest BCUT2D eigenvalue weighted by Gasteiger charge is -2.27. The van der Waals surface area contributed by atoms with Crippen molar-refractivity contribution in [1.29, 1.82) is 0 Å². The van der Waals surface area contributed by atoms with Gasteiger partial charge in [-0.1, -0.05) is 12.8 Å². The Balaban J connectivity index is 2.11. The maximum absolute atomic E-state index is 12.0. The van der Waals surface area contributed by atoms with Crippen LogP contribution in [0.3, 0.4) is 0 Å². The number of aromatic nitrogens is 2. The van der Waals surface area contributed by atoms with E-state index >= 15 is 0 Å². The second kappa shape index (κ2) is 4.75. The van der Waals surface area contributed by atoms with Gasteiger partial charge in [0.15, 0.2) is 5.03 Å². The van der Waals surface area contributed by atoms with Crippen LogP contribution in [-0.4, -0.2) is 35.6 Å². The Morgan fingerprint density at radius 3 is 2.76 bits per heavy atom. The minimum Gasteiger partial charge on any atom is -0.391 e. The first-order valence-electron chi connectivity index (χ1n) is 5.71. The van der Waals surface area contributed by atoms with Crippen LogP contribution in [0.2, 0.25) is 0 Å². The van der Waals surface area contributed by atoms with Gasteiger partial charge in [-0.25, -0.2) is 18.1 Å². The number of aromatic amines is 1. The van der Waals surface area contributed by atoms with Gasteiger partial charge in [-0.2, -0.15) is 0 Å². The third-order valence-electron chi connectivity index (χ3n) is 3.01. The smallest absolute Gasteiger partial charge is 0.257 e. The van der Waals surface area contributed by atoms with E-state index in [0.29, 0.717) is 18.7 Å². The number of nitrogens with zero attached hydrogens (tertiary/aromatic N) is 1. The molecule has 0 saturated heterocycles. The number of sulfonamides is 1. The van der Waals surface area contributed by atoms with Crippen LogP contribution in [0.5, 0.6) is 0 Å². The molecule has 0 aromatic carbocycles. The molecule has 17 heavy (non-hydrogen) atoms. The number of hydrogen-bond donors (Lipinski definition) is 3. The first-order valence-corrected chi connectivity index (χ1v) is 7.19. The summed E-state index contributed by atoms with van der Waals surface area (Å²) in [5.74, 6) is 0.551. The third-order valence-corrected chi connectivity index (χ3v) is 4.40. The summed E-state index contributed by atoms with van der Waals surface area (Å²) < 4.78 is 26.5. The molecule has 1 heterocycles. The van der Waals surface area contributed by atoms with E-state index < -0.39 is 22.2 Å². The van der Waals surface area contributed by atoms with Gasteiger partial charge < -0.3 is 10.1 Å². The molecule has 1 aromatic rings. The molecule has 7 heteroatoms. The van der Waals surface area contributed by atoms with Gasteiger partial charge in [0.1, 0.15) is 5.82 Å². The van der Waals surface area contributed by atoms with Gasteiger partial charge in [0.2, 0.25) is 0 Å². The minimum atomic E-state index is -3.60. The van der Waals surface area contributed by atoms with Crippen LogP contribution in [-0.2, 0) is 10.0 Å². The van der Waals surface area contributed by atoms with Gasteiger partial charge in [-0.05, 0) is 19.8 Å². The lowest BCUT2D eigenvalue weighted by Crippen LogP contribution is -2.45. The molecule has 1 saturated carbocycles. The first-order chi connectivity index (χ1) is 7.99. The molecule has 2 atom stereocenters. The van der Waals surface area contributed by atoms with E-state index in [1.807, 2.05) is 0 Å².